The maximum absolute atomic E-state index is 13.5. The fourth-order valence-electron chi connectivity index (χ4n) is 4.72. The quantitative estimate of drug-likeness (QED) is 0.592. The fourth-order valence-corrected chi connectivity index (χ4v) is 4.72. The first kappa shape index (κ1) is 19.3. The van der Waals surface area contributed by atoms with E-state index in [1.165, 1.54) is 0 Å². The summed E-state index contributed by atoms with van der Waals surface area (Å²) >= 11 is 0. The number of allylic oxidation sites excluding steroid dienone is 3. The number of carbonyl (C=O) groups is 2. The van der Waals surface area contributed by atoms with E-state index in [9.17, 15) is 9.59 Å². The summed E-state index contributed by atoms with van der Waals surface area (Å²) in [5, 5.41) is 7.32. The number of amides is 1. The van der Waals surface area contributed by atoms with E-state index in [0.29, 0.717) is 23.4 Å². The molecule has 6 nitrogen and oxygen atoms in total. The van der Waals surface area contributed by atoms with Crippen molar-refractivity contribution in [2.24, 2.45) is 0 Å². The summed E-state index contributed by atoms with van der Waals surface area (Å²) < 4.78 is 0. The van der Waals surface area contributed by atoms with Crippen LogP contribution in [0.15, 0.2) is 71.2 Å². The number of para-hydroxylation sites is 1. The van der Waals surface area contributed by atoms with Crippen molar-refractivity contribution in [3.63, 3.8) is 0 Å². The second kappa shape index (κ2) is 7.54. The molecule has 156 valence electrons. The molecule has 0 saturated heterocycles. The molecule has 6 heteroatoms. The highest BCUT2D eigenvalue weighted by Crippen LogP contribution is 2.44. The maximum atomic E-state index is 13.5. The van der Waals surface area contributed by atoms with Crippen LogP contribution in [0.3, 0.4) is 0 Å². The zero-order valence-corrected chi connectivity index (χ0v) is 17.6. The molecule has 0 spiro atoms. The highest BCUT2D eigenvalue weighted by molar-refractivity contribution is 6.10. The highest BCUT2D eigenvalue weighted by atomic mass is 16.2. The Balaban J connectivity index is 1.64. The minimum absolute atomic E-state index is 0.107. The molecule has 0 saturated carbocycles. The topological polar surface area (TPSA) is 86.9 Å². The monoisotopic (exact) mass is 412 g/mol. The summed E-state index contributed by atoms with van der Waals surface area (Å²) in [6.07, 6.45) is 4.07. The van der Waals surface area contributed by atoms with Crippen LogP contribution < -0.4 is 10.6 Å². The van der Waals surface area contributed by atoms with E-state index in [0.717, 1.165) is 46.4 Å². The summed E-state index contributed by atoms with van der Waals surface area (Å²) in [4.78, 5) is 34.3. The third-order valence-corrected chi connectivity index (χ3v) is 6.08. The van der Waals surface area contributed by atoms with Crippen molar-refractivity contribution in [2.75, 3.05) is 5.32 Å². The zero-order chi connectivity index (χ0) is 21.5. The lowest BCUT2D eigenvalue weighted by atomic mass is 9.75. The van der Waals surface area contributed by atoms with Crippen LogP contribution in [0.25, 0.3) is 10.9 Å². The average molecular weight is 412 g/mol. The van der Waals surface area contributed by atoms with Gasteiger partial charge in [0, 0.05) is 57.7 Å². The molecule has 1 atom stereocenters. The summed E-state index contributed by atoms with van der Waals surface area (Å²) in [5.74, 6) is -0.0680. The number of benzene rings is 1. The van der Waals surface area contributed by atoms with Gasteiger partial charge in [0.2, 0.25) is 0 Å². The van der Waals surface area contributed by atoms with Crippen molar-refractivity contribution in [3.8, 4) is 0 Å². The number of rotatable bonds is 3. The molecule has 1 aliphatic carbocycles. The van der Waals surface area contributed by atoms with Gasteiger partial charge in [-0.1, -0.05) is 24.3 Å². The van der Waals surface area contributed by atoms with Crippen LogP contribution in [0.2, 0.25) is 0 Å². The smallest absolute Gasteiger partial charge is 0.255 e. The first-order chi connectivity index (χ1) is 15.0. The van der Waals surface area contributed by atoms with Gasteiger partial charge in [-0.2, -0.15) is 0 Å². The molecule has 0 bridgehead atoms. The number of anilines is 1. The van der Waals surface area contributed by atoms with Crippen LogP contribution in [0, 0.1) is 6.92 Å². The maximum Gasteiger partial charge on any atom is 0.255 e. The van der Waals surface area contributed by atoms with E-state index in [1.807, 2.05) is 56.4 Å². The number of fused-ring (bicyclic) bond motifs is 1. The number of nitrogens with one attached hydrogen (secondary N) is 3. The molecule has 0 fully saturated rings. The lowest BCUT2D eigenvalue weighted by molar-refractivity contribution is -0.116. The van der Waals surface area contributed by atoms with E-state index < -0.39 is 5.92 Å². The van der Waals surface area contributed by atoms with Crippen LogP contribution in [-0.2, 0) is 9.59 Å². The van der Waals surface area contributed by atoms with Crippen LogP contribution in [0.1, 0.15) is 43.4 Å². The Hall–Kier alpha value is -3.67. The van der Waals surface area contributed by atoms with Crippen molar-refractivity contribution in [1.82, 2.24) is 15.3 Å². The van der Waals surface area contributed by atoms with E-state index in [-0.39, 0.29) is 11.7 Å². The first-order valence-electron chi connectivity index (χ1n) is 10.6. The standard InChI is InChI=1S/C25H24N4O2/c1-14-7-5-12-21(27-14)29-25(31)22-15(2)28-19-10-6-11-20(30)24(19)23(22)17-13-26-18-9-4-3-8-16(17)18/h3-5,7-9,12-13,23,26,28H,6,10-11H2,1-2H3,(H,27,29,31). The molecule has 1 aliphatic heterocycles. The molecule has 3 heterocycles. The number of pyridine rings is 1. The van der Waals surface area contributed by atoms with E-state index in [1.54, 1.807) is 6.07 Å². The number of dihydropyridines is 1. The highest BCUT2D eigenvalue weighted by Gasteiger charge is 2.39. The summed E-state index contributed by atoms with van der Waals surface area (Å²) in [7, 11) is 0. The van der Waals surface area contributed by atoms with Gasteiger partial charge in [0.05, 0.1) is 0 Å². The molecule has 1 unspecified atom stereocenters. The molecule has 1 amide bonds. The van der Waals surface area contributed by atoms with Gasteiger partial charge >= 0.3 is 0 Å². The molecule has 31 heavy (non-hydrogen) atoms. The van der Waals surface area contributed by atoms with Gasteiger partial charge in [0.1, 0.15) is 5.82 Å². The zero-order valence-electron chi connectivity index (χ0n) is 17.6. The lowest BCUT2D eigenvalue weighted by Crippen LogP contribution is -2.35. The Morgan fingerprint density at radius 3 is 2.77 bits per heavy atom. The van der Waals surface area contributed by atoms with E-state index in [2.05, 4.69) is 20.6 Å². The van der Waals surface area contributed by atoms with Gasteiger partial charge < -0.3 is 15.6 Å². The number of carbonyl (C=O) groups excluding carboxylic acids is 2. The number of nitrogens with zero attached hydrogens (tertiary/aromatic N) is 1. The molecular formula is C25H24N4O2. The molecule has 3 aromatic rings. The molecular weight excluding hydrogens is 388 g/mol. The van der Waals surface area contributed by atoms with Crippen molar-refractivity contribution in [1.29, 1.82) is 0 Å². The Kier molecular flexibility index (Phi) is 4.70. The Labute approximate surface area is 180 Å². The Morgan fingerprint density at radius 2 is 1.94 bits per heavy atom. The predicted octanol–water partition coefficient (Wildman–Crippen LogP) is 4.48. The minimum Gasteiger partial charge on any atom is -0.362 e. The van der Waals surface area contributed by atoms with Gasteiger partial charge in [0.15, 0.2) is 5.78 Å². The molecule has 3 N–H and O–H groups in total. The van der Waals surface area contributed by atoms with Gasteiger partial charge in [-0.15, -0.1) is 0 Å². The number of aromatic amines is 1. The second-order valence-corrected chi connectivity index (χ2v) is 8.17. The number of hydrogen-bond donors (Lipinski definition) is 3. The lowest BCUT2D eigenvalue weighted by Gasteiger charge is -2.34. The third kappa shape index (κ3) is 3.34. The summed E-state index contributed by atoms with van der Waals surface area (Å²) in [5.41, 5.74) is 5.74. The van der Waals surface area contributed by atoms with Gasteiger partial charge in [-0.25, -0.2) is 4.98 Å². The second-order valence-electron chi connectivity index (χ2n) is 8.17. The van der Waals surface area contributed by atoms with Crippen LogP contribution in [0.4, 0.5) is 5.82 Å². The van der Waals surface area contributed by atoms with Gasteiger partial charge in [0.25, 0.3) is 5.91 Å². The van der Waals surface area contributed by atoms with Crippen molar-refractivity contribution in [3.05, 3.63) is 82.5 Å². The normalized spacial score (nSPS) is 18.8. The fraction of sp³-hybridized carbons (Fsp3) is 0.240. The Bertz CT molecular complexity index is 1280. The third-order valence-electron chi connectivity index (χ3n) is 6.08. The number of aryl methyl sites for hydroxylation is 1. The Morgan fingerprint density at radius 1 is 1.10 bits per heavy atom. The van der Waals surface area contributed by atoms with Crippen LogP contribution in [-0.4, -0.2) is 21.7 Å². The molecule has 5 rings (SSSR count). The summed E-state index contributed by atoms with van der Waals surface area (Å²) in [6, 6.07) is 13.5. The van der Waals surface area contributed by atoms with Crippen LogP contribution in [0.5, 0.6) is 0 Å². The van der Waals surface area contributed by atoms with Crippen molar-refractivity contribution < 1.29 is 9.59 Å². The number of aromatic nitrogens is 2. The van der Waals surface area contributed by atoms with E-state index >= 15 is 0 Å². The molecule has 0 radical (unpaired) electrons. The number of hydrogen-bond acceptors (Lipinski definition) is 4. The first-order valence-corrected chi connectivity index (χ1v) is 10.6. The van der Waals surface area contributed by atoms with Crippen molar-refractivity contribution >= 4 is 28.4 Å². The molecule has 2 aliphatic rings. The van der Waals surface area contributed by atoms with Gasteiger partial charge in [-0.3, -0.25) is 9.59 Å². The minimum atomic E-state index is -0.426. The van der Waals surface area contributed by atoms with Gasteiger partial charge in [-0.05, 0) is 50.5 Å². The van der Waals surface area contributed by atoms with Crippen LogP contribution >= 0.6 is 0 Å². The number of ketones is 1. The summed E-state index contributed by atoms with van der Waals surface area (Å²) in [6.45, 7) is 3.79. The predicted molar refractivity (Wildman–Crippen MR) is 120 cm³/mol. The van der Waals surface area contributed by atoms with Crippen molar-refractivity contribution in [2.45, 2.75) is 39.0 Å². The average Bonchev–Trinajstić information content (AvgIpc) is 3.17. The number of Topliss-reactive ketones (excluding diaryl/α,β-unsaturated/α-hetero) is 1. The molecule has 2 aromatic heterocycles. The SMILES string of the molecule is CC1=C(C(=O)Nc2cccc(C)n2)C(c2c[nH]c3ccccc23)C2=C(CCCC2=O)N1. The van der Waals surface area contributed by atoms with E-state index in [4.69, 9.17) is 0 Å². The largest absolute Gasteiger partial charge is 0.362 e. The molecule has 1 aromatic carbocycles. The number of H-pyrrole nitrogens is 1.